The lowest BCUT2D eigenvalue weighted by molar-refractivity contribution is 1.22. The topological polar surface area (TPSA) is 63.8 Å². The molecule has 2 rings (SSSR count). The average molecular weight is 220 g/mol. The third-order valence-corrected chi connectivity index (χ3v) is 2.82. The van der Waals surface area contributed by atoms with Gasteiger partial charge in [0.2, 0.25) is 0 Å². The minimum atomic E-state index is 0.674. The summed E-state index contributed by atoms with van der Waals surface area (Å²) in [6.45, 7) is 3.93. The molecular formula is C10H12N4S. The van der Waals surface area contributed by atoms with E-state index in [0.29, 0.717) is 5.69 Å². The van der Waals surface area contributed by atoms with E-state index < -0.39 is 0 Å². The molecule has 2 heterocycles. The fourth-order valence-corrected chi connectivity index (χ4v) is 1.93. The van der Waals surface area contributed by atoms with Crippen LogP contribution in [0, 0.1) is 13.8 Å². The molecule has 0 aliphatic heterocycles. The van der Waals surface area contributed by atoms with E-state index in [2.05, 4.69) is 15.3 Å². The lowest BCUT2D eigenvalue weighted by atomic mass is 10.3. The molecule has 0 aliphatic carbocycles. The van der Waals surface area contributed by atoms with Crippen molar-refractivity contribution >= 4 is 28.0 Å². The second kappa shape index (κ2) is 3.86. The van der Waals surface area contributed by atoms with Crippen LogP contribution >= 0.6 is 11.3 Å². The minimum absolute atomic E-state index is 0.674. The van der Waals surface area contributed by atoms with Gasteiger partial charge < -0.3 is 11.1 Å². The molecule has 0 atom stereocenters. The van der Waals surface area contributed by atoms with Crippen LogP contribution in [0.4, 0.5) is 16.6 Å². The van der Waals surface area contributed by atoms with Crippen LogP contribution in [0.15, 0.2) is 17.6 Å². The lowest BCUT2D eigenvalue weighted by Crippen LogP contribution is -1.97. The summed E-state index contributed by atoms with van der Waals surface area (Å²) in [6, 6.07) is 1.88. The quantitative estimate of drug-likeness (QED) is 0.816. The molecule has 0 fully saturated rings. The van der Waals surface area contributed by atoms with Gasteiger partial charge in [0, 0.05) is 5.38 Å². The number of aromatic nitrogens is 2. The summed E-state index contributed by atoms with van der Waals surface area (Å²) in [6.07, 6.45) is 1.63. The number of hydrogen-bond donors (Lipinski definition) is 2. The first-order chi connectivity index (χ1) is 7.15. The monoisotopic (exact) mass is 220 g/mol. The Labute approximate surface area is 92.2 Å². The molecule has 0 amide bonds. The van der Waals surface area contributed by atoms with Crippen molar-refractivity contribution < 1.29 is 0 Å². The van der Waals surface area contributed by atoms with Gasteiger partial charge in [0.15, 0.2) is 5.13 Å². The average Bonchev–Trinajstić information content (AvgIpc) is 2.56. The van der Waals surface area contributed by atoms with Gasteiger partial charge in [0.25, 0.3) is 0 Å². The molecule has 0 saturated carbocycles. The van der Waals surface area contributed by atoms with Crippen LogP contribution in [0.2, 0.25) is 0 Å². The number of aryl methyl sites for hydroxylation is 2. The van der Waals surface area contributed by atoms with Gasteiger partial charge in [-0.15, -0.1) is 11.3 Å². The van der Waals surface area contributed by atoms with E-state index in [0.717, 1.165) is 22.2 Å². The number of nitrogens with one attached hydrogen (secondary N) is 1. The maximum absolute atomic E-state index is 5.62. The van der Waals surface area contributed by atoms with E-state index >= 15 is 0 Å². The number of anilines is 3. The number of thiazole rings is 1. The van der Waals surface area contributed by atoms with Crippen LogP contribution in [0.25, 0.3) is 0 Å². The Morgan fingerprint density at radius 2 is 2.20 bits per heavy atom. The fourth-order valence-electron chi connectivity index (χ4n) is 1.24. The highest BCUT2D eigenvalue weighted by atomic mass is 32.1. The first-order valence-electron chi connectivity index (χ1n) is 4.56. The second-order valence-corrected chi connectivity index (χ2v) is 4.21. The minimum Gasteiger partial charge on any atom is -0.397 e. The van der Waals surface area contributed by atoms with Gasteiger partial charge >= 0.3 is 0 Å². The Morgan fingerprint density at radius 1 is 1.40 bits per heavy atom. The molecule has 0 radical (unpaired) electrons. The van der Waals surface area contributed by atoms with Crippen LogP contribution in [0.5, 0.6) is 0 Å². The van der Waals surface area contributed by atoms with Crippen molar-refractivity contribution in [1.82, 2.24) is 9.97 Å². The summed E-state index contributed by atoms with van der Waals surface area (Å²) in [7, 11) is 0. The maximum Gasteiger partial charge on any atom is 0.188 e. The molecule has 0 bridgehead atoms. The molecule has 0 aliphatic rings. The van der Waals surface area contributed by atoms with Crippen molar-refractivity contribution in [2.45, 2.75) is 13.8 Å². The van der Waals surface area contributed by atoms with Gasteiger partial charge in [-0.2, -0.15) is 0 Å². The first kappa shape index (κ1) is 9.92. The van der Waals surface area contributed by atoms with Gasteiger partial charge in [-0.1, -0.05) is 0 Å². The standard InChI is InChI=1S/C10H12N4S/c1-6-3-8(11)4-12-9(6)14-10-13-7(2)5-15-10/h3-5H,11H2,1-2H3,(H,12,13,14). The predicted octanol–water partition coefficient (Wildman–Crippen LogP) is 2.48. The highest BCUT2D eigenvalue weighted by Gasteiger charge is 2.03. The Bertz CT molecular complexity index is 478. The molecule has 15 heavy (non-hydrogen) atoms. The number of nitrogens with two attached hydrogens (primary N) is 1. The van der Waals surface area contributed by atoms with E-state index in [1.165, 1.54) is 0 Å². The molecule has 0 spiro atoms. The van der Waals surface area contributed by atoms with Crippen LogP contribution in [-0.2, 0) is 0 Å². The third-order valence-electron chi connectivity index (χ3n) is 1.94. The lowest BCUT2D eigenvalue weighted by Gasteiger charge is -2.05. The largest absolute Gasteiger partial charge is 0.397 e. The zero-order valence-corrected chi connectivity index (χ0v) is 9.43. The smallest absolute Gasteiger partial charge is 0.188 e. The summed E-state index contributed by atoms with van der Waals surface area (Å²) < 4.78 is 0. The molecule has 0 saturated heterocycles. The van der Waals surface area contributed by atoms with Gasteiger partial charge in [0.05, 0.1) is 17.6 Å². The molecule has 0 unspecified atom stereocenters. The number of pyridine rings is 1. The van der Waals surface area contributed by atoms with E-state index in [9.17, 15) is 0 Å². The first-order valence-corrected chi connectivity index (χ1v) is 5.44. The van der Waals surface area contributed by atoms with Crippen molar-refractivity contribution in [2.24, 2.45) is 0 Å². The summed E-state index contributed by atoms with van der Waals surface area (Å²) in [5, 5.41) is 6.01. The highest BCUT2D eigenvalue weighted by molar-refractivity contribution is 7.13. The molecule has 3 N–H and O–H groups in total. The van der Waals surface area contributed by atoms with Crippen molar-refractivity contribution in [3.63, 3.8) is 0 Å². The van der Waals surface area contributed by atoms with Gasteiger partial charge in [-0.05, 0) is 25.5 Å². The number of rotatable bonds is 2. The highest BCUT2D eigenvalue weighted by Crippen LogP contribution is 2.22. The maximum atomic E-state index is 5.62. The molecule has 0 aromatic carbocycles. The number of hydrogen-bond acceptors (Lipinski definition) is 5. The van der Waals surface area contributed by atoms with Crippen molar-refractivity contribution in [3.8, 4) is 0 Å². The van der Waals surface area contributed by atoms with Gasteiger partial charge in [-0.3, -0.25) is 0 Å². The summed E-state index contributed by atoms with van der Waals surface area (Å²) >= 11 is 1.56. The Balaban J connectivity index is 2.24. The Kier molecular flexibility index (Phi) is 2.55. The van der Waals surface area contributed by atoms with Crippen LogP contribution in [-0.4, -0.2) is 9.97 Å². The predicted molar refractivity (Wildman–Crippen MR) is 63.5 cm³/mol. The van der Waals surface area contributed by atoms with Gasteiger partial charge in [0.1, 0.15) is 5.82 Å². The third kappa shape index (κ3) is 2.24. The Morgan fingerprint density at radius 3 is 2.80 bits per heavy atom. The van der Waals surface area contributed by atoms with Crippen molar-refractivity contribution in [1.29, 1.82) is 0 Å². The second-order valence-electron chi connectivity index (χ2n) is 3.35. The Hall–Kier alpha value is -1.62. The van der Waals surface area contributed by atoms with Crippen LogP contribution < -0.4 is 11.1 Å². The normalized spacial score (nSPS) is 10.3. The molecule has 4 nitrogen and oxygen atoms in total. The number of nitrogen functional groups attached to an aromatic ring is 1. The van der Waals surface area contributed by atoms with Gasteiger partial charge in [-0.25, -0.2) is 9.97 Å². The van der Waals surface area contributed by atoms with Crippen molar-refractivity contribution in [3.05, 3.63) is 28.9 Å². The number of nitrogens with zero attached hydrogens (tertiary/aromatic N) is 2. The molecular weight excluding hydrogens is 208 g/mol. The van der Waals surface area contributed by atoms with E-state index in [4.69, 9.17) is 5.73 Å². The van der Waals surface area contributed by atoms with Crippen LogP contribution in [0.3, 0.4) is 0 Å². The van der Waals surface area contributed by atoms with E-state index in [1.54, 1.807) is 17.5 Å². The zero-order chi connectivity index (χ0) is 10.8. The van der Waals surface area contributed by atoms with Crippen LogP contribution in [0.1, 0.15) is 11.3 Å². The molecule has 5 heteroatoms. The van der Waals surface area contributed by atoms with E-state index in [1.807, 2.05) is 25.3 Å². The van der Waals surface area contributed by atoms with Crippen molar-refractivity contribution in [2.75, 3.05) is 11.1 Å². The fraction of sp³-hybridized carbons (Fsp3) is 0.200. The molecule has 2 aromatic rings. The summed E-state index contributed by atoms with van der Waals surface area (Å²) in [5.74, 6) is 0.804. The molecule has 2 aromatic heterocycles. The van der Waals surface area contributed by atoms with E-state index in [-0.39, 0.29) is 0 Å². The SMILES string of the molecule is Cc1csc(Nc2ncc(N)cc2C)n1. The zero-order valence-electron chi connectivity index (χ0n) is 8.61. The summed E-state index contributed by atoms with van der Waals surface area (Å²) in [5.41, 5.74) is 8.32. The summed E-state index contributed by atoms with van der Waals surface area (Å²) in [4.78, 5) is 8.52. The molecule has 78 valence electrons.